The van der Waals surface area contributed by atoms with E-state index in [0.29, 0.717) is 26.2 Å². The molecule has 2 aromatic rings. The van der Waals surface area contributed by atoms with Gasteiger partial charge < -0.3 is 29.5 Å². The minimum absolute atomic E-state index is 0.0577. The first-order valence-corrected chi connectivity index (χ1v) is 12.6. The maximum Gasteiger partial charge on any atom is 0.410 e. The van der Waals surface area contributed by atoms with Gasteiger partial charge in [-0.1, -0.05) is 18.2 Å². The number of aliphatic hydroxyl groups is 1. The number of aryl methyl sites for hydroxylation is 1. The number of rotatable bonds is 9. The zero-order valence-corrected chi connectivity index (χ0v) is 22.5. The third kappa shape index (κ3) is 11.2. The highest BCUT2D eigenvalue weighted by molar-refractivity contribution is 5.68. The molecule has 200 valence electrons. The van der Waals surface area contributed by atoms with Gasteiger partial charge in [0.05, 0.1) is 20.4 Å². The fraction of sp³-hybridized carbons (Fsp3) is 0.536. The third-order valence-corrected chi connectivity index (χ3v) is 5.64. The normalized spacial score (nSPS) is 13.9. The first-order chi connectivity index (χ1) is 17.2. The monoisotopic (exact) mass is 501 g/mol. The Hall–Kier alpha value is -2.97. The lowest BCUT2D eigenvalue weighted by molar-refractivity contribution is 0.00425. The van der Waals surface area contributed by atoms with E-state index in [1.807, 2.05) is 57.0 Å². The van der Waals surface area contributed by atoms with Crippen LogP contribution >= 0.6 is 0 Å². The molecular formula is C28H43N3O5. The Morgan fingerprint density at radius 3 is 2.25 bits per heavy atom. The van der Waals surface area contributed by atoms with Crippen molar-refractivity contribution >= 4 is 11.8 Å². The van der Waals surface area contributed by atoms with Crippen molar-refractivity contribution in [3.05, 3.63) is 54.1 Å². The molecule has 1 saturated heterocycles. The maximum atomic E-state index is 11.6. The number of hydrogen-bond acceptors (Lipinski definition) is 7. The molecule has 0 bridgehead atoms. The second-order valence-electron chi connectivity index (χ2n) is 9.66. The summed E-state index contributed by atoms with van der Waals surface area (Å²) in [6, 6.07) is 16.3. The van der Waals surface area contributed by atoms with Crippen molar-refractivity contribution in [1.29, 1.82) is 0 Å². The number of hydrogen-bond donors (Lipinski definition) is 2. The number of carbonyl (C=O) groups excluding carboxylic acids is 1. The van der Waals surface area contributed by atoms with Crippen LogP contribution < -0.4 is 14.8 Å². The van der Waals surface area contributed by atoms with Crippen molar-refractivity contribution in [2.45, 2.75) is 45.6 Å². The summed E-state index contributed by atoms with van der Waals surface area (Å²) in [5.74, 6) is 1.70. The summed E-state index contributed by atoms with van der Waals surface area (Å²) in [4.78, 5) is 15.2. The zero-order chi connectivity index (χ0) is 26.4. The highest BCUT2D eigenvalue weighted by Crippen LogP contribution is 2.19. The number of anilines is 1. The van der Waals surface area contributed by atoms with Gasteiger partial charge in [0.15, 0.2) is 0 Å². The molecule has 1 heterocycles. The molecule has 0 aromatic heterocycles. The molecule has 3 rings (SSSR count). The fourth-order valence-corrected chi connectivity index (χ4v) is 3.55. The van der Waals surface area contributed by atoms with E-state index in [1.54, 1.807) is 12.0 Å². The lowest BCUT2D eigenvalue weighted by atomic mass is 10.1. The molecule has 0 unspecified atom stereocenters. The Kier molecular flexibility index (Phi) is 12.4. The number of carbonyl (C=O) groups is 1. The van der Waals surface area contributed by atoms with Gasteiger partial charge in [0.2, 0.25) is 0 Å². The van der Waals surface area contributed by atoms with Gasteiger partial charge >= 0.3 is 6.09 Å². The average Bonchev–Trinajstić information content (AvgIpc) is 2.88. The van der Waals surface area contributed by atoms with Gasteiger partial charge in [-0.15, -0.1) is 0 Å². The van der Waals surface area contributed by atoms with E-state index in [9.17, 15) is 4.79 Å². The maximum absolute atomic E-state index is 11.6. The second-order valence-corrected chi connectivity index (χ2v) is 9.66. The van der Waals surface area contributed by atoms with E-state index >= 15 is 0 Å². The Morgan fingerprint density at radius 1 is 1.00 bits per heavy atom. The van der Waals surface area contributed by atoms with Crippen LogP contribution in [0.2, 0.25) is 0 Å². The number of piperazine rings is 1. The molecule has 0 saturated carbocycles. The molecule has 0 spiro atoms. The van der Waals surface area contributed by atoms with Gasteiger partial charge in [0.1, 0.15) is 17.1 Å². The average molecular weight is 502 g/mol. The number of nitrogens with one attached hydrogen (secondary N) is 1. The zero-order valence-electron chi connectivity index (χ0n) is 22.5. The largest absolute Gasteiger partial charge is 0.497 e. The summed E-state index contributed by atoms with van der Waals surface area (Å²) in [6.45, 7) is 9.01. The number of amides is 1. The van der Waals surface area contributed by atoms with Crippen molar-refractivity contribution in [1.82, 2.24) is 9.80 Å². The van der Waals surface area contributed by atoms with Crippen LogP contribution in [0, 0.1) is 0 Å². The van der Waals surface area contributed by atoms with Crippen molar-refractivity contribution in [2.75, 3.05) is 59.0 Å². The molecule has 2 N–H and O–H groups in total. The van der Waals surface area contributed by atoms with Crippen LogP contribution in [0.5, 0.6) is 11.5 Å². The number of nitrogens with zero attached hydrogens (tertiary/aromatic N) is 2. The molecule has 8 heteroatoms. The van der Waals surface area contributed by atoms with Gasteiger partial charge in [-0.05, 0) is 69.9 Å². The Labute approximate surface area is 216 Å². The number of methoxy groups -OCH3 is 1. The van der Waals surface area contributed by atoms with Crippen molar-refractivity contribution < 1.29 is 24.1 Å². The van der Waals surface area contributed by atoms with E-state index in [1.165, 1.54) is 5.56 Å². The predicted octanol–water partition coefficient (Wildman–Crippen LogP) is 4.63. The summed E-state index contributed by atoms with van der Waals surface area (Å²) in [5, 5.41) is 12.0. The minimum Gasteiger partial charge on any atom is -0.497 e. The number of benzene rings is 2. The molecule has 1 aliphatic rings. The van der Waals surface area contributed by atoms with Crippen LogP contribution in [-0.2, 0) is 11.2 Å². The first-order valence-electron chi connectivity index (χ1n) is 12.6. The lowest BCUT2D eigenvalue weighted by Gasteiger charge is -2.34. The van der Waals surface area contributed by atoms with Gasteiger partial charge in [-0.2, -0.15) is 0 Å². The Morgan fingerprint density at radius 2 is 1.67 bits per heavy atom. The third-order valence-electron chi connectivity index (χ3n) is 5.64. The quantitative estimate of drug-likeness (QED) is 0.485. The van der Waals surface area contributed by atoms with Gasteiger partial charge in [0.25, 0.3) is 0 Å². The van der Waals surface area contributed by atoms with E-state index in [4.69, 9.17) is 19.3 Å². The van der Waals surface area contributed by atoms with E-state index < -0.39 is 5.60 Å². The van der Waals surface area contributed by atoms with Gasteiger partial charge in [-0.25, -0.2) is 4.79 Å². The fourth-order valence-electron chi connectivity index (χ4n) is 3.55. The number of aliphatic hydroxyl groups excluding tert-OH is 1. The summed E-state index contributed by atoms with van der Waals surface area (Å²) in [6.07, 6.45) is 3.00. The van der Waals surface area contributed by atoms with Crippen LogP contribution in [0.1, 0.15) is 39.2 Å². The molecule has 36 heavy (non-hydrogen) atoms. The van der Waals surface area contributed by atoms with E-state index in [0.717, 1.165) is 43.1 Å². The first kappa shape index (κ1) is 29.3. The second kappa shape index (κ2) is 15.2. The van der Waals surface area contributed by atoms with E-state index in [2.05, 4.69) is 29.6 Å². The van der Waals surface area contributed by atoms with Crippen LogP contribution in [0.3, 0.4) is 0 Å². The van der Waals surface area contributed by atoms with Crippen molar-refractivity contribution in [2.24, 2.45) is 0 Å². The van der Waals surface area contributed by atoms with Crippen LogP contribution in [0.15, 0.2) is 48.5 Å². The van der Waals surface area contributed by atoms with Gasteiger partial charge in [-0.3, -0.25) is 4.90 Å². The molecular weight excluding hydrogens is 458 g/mol. The topological polar surface area (TPSA) is 83.5 Å². The lowest BCUT2D eigenvalue weighted by Crippen LogP contribution is -2.50. The standard InChI is InChI=1S/C18H23NO2.C10H20N2O3/c1-19-16-11-9-15(10-12-16)6-3-4-13-21-18-8-5-7-17(14-18)20-2;1-10(2,3)15-9(14)12-6-4-11(8-13)5-7-12/h5,7-12,14,19H,3-4,6,13H2,1-2H3;13H,4-8H2,1-3H3. The highest BCUT2D eigenvalue weighted by atomic mass is 16.6. The van der Waals surface area contributed by atoms with Crippen LogP contribution in [-0.4, -0.2) is 80.3 Å². The molecule has 2 aromatic carbocycles. The van der Waals surface area contributed by atoms with Crippen molar-refractivity contribution in [3.8, 4) is 11.5 Å². The number of unbranched alkanes of at least 4 members (excludes halogenated alkanes) is 1. The minimum atomic E-state index is -0.439. The summed E-state index contributed by atoms with van der Waals surface area (Å²) < 4.78 is 16.2. The smallest absolute Gasteiger partial charge is 0.410 e. The highest BCUT2D eigenvalue weighted by Gasteiger charge is 2.25. The van der Waals surface area contributed by atoms with Crippen molar-refractivity contribution in [3.63, 3.8) is 0 Å². The summed E-state index contributed by atoms with van der Waals surface area (Å²) in [7, 11) is 3.60. The molecule has 1 aliphatic heterocycles. The predicted molar refractivity (Wildman–Crippen MR) is 144 cm³/mol. The van der Waals surface area contributed by atoms with E-state index in [-0.39, 0.29) is 12.8 Å². The molecule has 0 radical (unpaired) electrons. The van der Waals surface area contributed by atoms with Crippen LogP contribution in [0.4, 0.5) is 10.5 Å². The summed E-state index contributed by atoms with van der Waals surface area (Å²) in [5.41, 5.74) is 2.08. The summed E-state index contributed by atoms with van der Waals surface area (Å²) >= 11 is 0. The Bertz CT molecular complexity index is 891. The Balaban J connectivity index is 0.000000269. The molecule has 0 aliphatic carbocycles. The van der Waals surface area contributed by atoms with Crippen LogP contribution in [0.25, 0.3) is 0 Å². The molecule has 0 atom stereocenters. The molecule has 1 fully saturated rings. The molecule has 1 amide bonds. The SMILES string of the molecule is CC(C)(C)OC(=O)N1CCN(CO)CC1.CNc1ccc(CCCCOc2cccc(OC)c2)cc1. The number of ether oxygens (including phenoxy) is 3. The molecule has 8 nitrogen and oxygen atoms in total. The van der Waals surface area contributed by atoms with Gasteiger partial charge in [0, 0.05) is 45.0 Å².